The molecule has 0 atom stereocenters. The Hall–Kier alpha value is -1.82. The van der Waals surface area contributed by atoms with Crippen molar-refractivity contribution in [1.29, 1.82) is 0 Å². The molecule has 4 rings (SSSR count). The molecule has 0 saturated heterocycles. The van der Waals surface area contributed by atoms with Crippen molar-refractivity contribution in [2.24, 2.45) is 0 Å². The van der Waals surface area contributed by atoms with Crippen LogP contribution in [0.2, 0.25) is 0 Å². The van der Waals surface area contributed by atoms with Gasteiger partial charge in [-0.1, -0.05) is 24.3 Å². The zero-order valence-electron chi connectivity index (χ0n) is 9.74. The molecule has 2 heterocycles. The zero-order chi connectivity index (χ0) is 13.0. The highest BCUT2D eigenvalue weighted by Crippen LogP contribution is 2.31. The summed E-state index contributed by atoms with van der Waals surface area (Å²) in [5, 5.41) is 2.46. The lowest BCUT2D eigenvalue weighted by Crippen LogP contribution is -1.98. The highest BCUT2D eigenvalue weighted by molar-refractivity contribution is 14.1. The second-order valence-electron chi connectivity index (χ2n) is 4.43. The molecule has 0 aliphatic carbocycles. The number of nitrogens with one attached hydrogen (secondary N) is 1. The maximum atomic E-state index is 12.0. The van der Waals surface area contributed by atoms with Gasteiger partial charge in [-0.15, -0.1) is 0 Å². The molecule has 2 aromatic carbocycles. The lowest BCUT2D eigenvalue weighted by Gasteiger charge is -1.96. The van der Waals surface area contributed by atoms with Crippen LogP contribution < -0.4 is 5.63 Å². The van der Waals surface area contributed by atoms with Crippen LogP contribution in [0.25, 0.3) is 32.8 Å². The smallest absolute Gasteiger partial charge is 0.344 e. The summed E-state index contributed by atoms with van der Waals surface area (Å²) in [4.78, 5) is 15.4. The third-order valence-electron chi connectivity index (χ3n) is 3.35. The highest BCUT2D eigenvalue weighted by Gasteiger charge is 2.13. The van der Waals surface area contributed by atoms with Crippen molar-refractivity contribution in [2.45, 2.75) is 0 Å². The van der Waals surface area contributed by atoms with Crippen LogP contribution in [-0.4, -0.2) is 4.98 Å². The van der Waals surface area contributed by atoms with Crippen LogP contribution >= 0.6 is 22.6 Å². The fourth-order valence-corrected chi connectivity index (χ4v) is 3.11. The van der Waals surface area contributed by atoms with Crippen LogP contribution in [0.5, 0.6) is 0 Å². The molecule has 0 fully saturated rings. The Morgan fingerprint density at radius 1 is 0.895 bits per heavy atom. The molecule has 4 heteroatoms. The minimum atomic E-state index is -0.289. The van der Waals surface area contributed by atoms with Crippen LogP contribution in [-0.2, 0) is 0 Å². The summed E-state index contributed by atoms with van der Waals surface area (Å²) < 4.78 is 6.60. The topological polar surface area (TPSA) is 46.0 Å². The number of hydrogen-bond donors (Lipinski definition) is 1. The molecule has 3 nitrogen and oxygen atoms in total. The van der Waals surface area contributed by atoms with Crippen molar-refractivity contribution in [2.75, 3.05) is 0 Å². The number of H-pyrrole nitrogens is 1. The first-order valence-corrected chi connectivity index (χ1v) is 6.95. The van der Waals surface area contributed by atoms with Crippen molar-refractivity contribution in [3.8, 4) is 0 Å². The predicted octanol–water partition coefficient (Wildman–Crippen LogP) is 4.03. The van der Waals surface area contributed by atoms with E-state index in [9.17, 15) is 4.79 Å². The summed E-state index contributed by atoms with van der Waals surface area (Å²) in [6.07, 6.45) is 0. The van der Waals surface area contributed by atoms with E-state index in [0.717, 1.165) is 25.4 Å². The fourth-order valence-electron chi connectivity index (χ4n) is 2.48. The van der Waals surface area contributed by atoms with Crippen LogP contribution in [0.4, 0.5) is 0 Å². The minimum Gasteiger partial charge on any atom is -0.420 e. The van der Waals surface area contributed by atoms with E-state index >= 15 is 0 Å². The van der Waals surface area contributed by atoms with Gasteiger partial charge < -0.3 is 9.40 Å². The van der Waals surface area contributed by atoms with E-state index in [2.05, 4.69) is 27.6 Å². The highest BCUT2D eigenvalue weighted by atomic mass is 127. The van der Waals surface area contributed by atoms with E-state index in [1.54, 1.807) is 6.07 Å². The number of aromatic amines is 1. The lowest BCUT2D eigenvalue weighted by molar-refractivity contribution is 0.573. The Bertz CT molecular complexity index is 997. The van der Waals surface area contributed by atoms with Crippen LogP contribution in [0.15, 0.2) is 51.7 Å². The summed E-state index contributed by atoms with van der Waals surface area (Å²) in [5.74, 6) is 0. The first-order chi connectivity index (χ1) is 9.25. The van der Waals surface area contributed by atoms with Gasteiger partial charge in [-0.2, -0.15) is 0 Å². The second-order valence-corrected chi connectivity index (χ2v) is 5.59. The Kier molecular flexibility index (Phi) is 2.23. The van der Waals surface area contributed by atoms with Gasteiger partial charge in [0.1, 0.15) is 0 Å². The number of aromatic nitrogens is 1. The molecule has 0 amide bonds. The van der Waals surface area contributed by atoms with Crippen molar-refractivity contribution < 1.29 is 4.42 Å². The Morgan fingerprint density at radius 3 is 2.47 bits per heavy atom. The standard InChI is InChI=1S/C15H8INO2/c16-11-7-3-6-10-12(11)17-13-8-4-1-2-5-9(8)15(18)19-14(10)13/h1-7,17H. The predicted molar refractivity (Wildman–Crippen MR) is 84.6 cm³/mol. The van der Waals surface area contributed by atoms with E-state index in [1.807, 2.05) is 36.4 Å². The minimum absolute atomic E-state index is 0.289. The van der Waals surface area contributed by atoms with Gasteiger partial charge in [0.2, 0.25) is 0 Å². The Labute approximate surface area is 121 Å². The maximum absolute atomic E-state index is 12.0. The van der Waals surface area contributed by atoms with E-state index in [4.69, 9.17) is 4.42 Å². The molecule has 0 aliphatic rings. The third kappa shape index (κ3) is 1.46. The second kappa shape index (κ2) is 3.84. The van der Waals surface area contributed by atoms with Crippen LogP contribution in [0.1, 0.15) is 0 Å². The summed E-state index contributed by atoms with van der Waals surface area (Å²) >= 11 is 2.27. The van der Waals surface area contributed by atoms with Crippen molar-refractivity contribution in [3.05, 3.63) is 56.5 Å². The lowest BCUT2D eigenvalue weighted by atomic mass is 10.1. The number of hydrogen-bond acceptors (Lipinski definition) is 2. The maximum Gasteiger partial charge on any atom is 0.344 e. The SMILES string of the molecule is O=c1oc2c3cccc(I)c3[nH]c2c2ccccc12. The summed E-state index contributed by atoms with van der Waals surface area (Å²) in [6.45, 7) is 0. The fraction of sp³-hybridized carbons (Fsp3) is 0. The largest absolute Gasteiger partial charge is 0.420 e. The molecule has 19 heavy (non-hydrogen) atoms. The summed E-state index contributed by atoms with van der Waals surface area (Å²) in [6, 6.07) is 13.5. The first kappa shape index (κ1) is 11.0. The molecule has 2 aromatic heterocycles. The molecule has 1 N–H and O–H groups in total. The molecule has 0 bridgehead atoms. The van der Waals surface area contributed by atoms with Gasteiger partial charge in [-0.05, 0) is 40.8 Å². The Morgan fingerprint density at radius 2 is 1.63 bits per heavy atom. The average Bonchev–Trinajstić information content (AvgIpc) is 2.80. The van der Waals surface area contributed by atoms with Crippen molar-refractivity contribution in [3.63, 3.8) is 0 Å². The van der Waals surface area contributed by atoms with Gasteiger partial charge >= 0.3 is 5.63 Å². The quantitative estimate of drug-likeness (QED) is 0.481. The van der Waals surface area contributed by atoms with Gasteiger partial charge in [0.15, 0.2) is 5.58 Å². The molecule has 0 spiro atoms. The molecule has 92 valence electrons. The molecular formula is C15H8INO2. The number of halogens is 1. The molecular weight excluding hydrogens is 353 g/mol. The van der Waals surface area contributed by atoms with E-state index in [1.165, 1.54) is 0 Å². The molecule has 4 aromatic rings. The summed E-state index contributed by atoms with van der Waals surface area (Å²) in [7, 11) is 0. The van der Waals surface area contributed by atoms with Gasteiger partial charge in [-0.25, -0.2) is 4.79 Å². The van der Waals surface area contributed by atoms with Crippen LogP contribution in [0, 0.1) is 3.57 Å². The molecule has 0 saturated carbocycles. The number of para-hydroxylation sites is 1. The monoisotopic (exact) mass is 361 g/mol. The zero-order valence-corrected chi connectivity index (χ0v) is 11.9. The van der Waals surface area contributed by atoms with Gasteiger partial charge in [-0.3, -0.25) is 0 Å². The van der Waals surface area contributed by atoms with Crippen molar-refractivity contribution in [1.82, 2.24) is 4.98 Å². The Balaban J connectivity index is 2.39. The average molecular weight is 361 g/mol. The molecule has 0 aliphatic heterocycles. The molecule has 0 unspecified atom stereocenters. The van der Waals surface area contributed by atoms with Crippen molar-refractivity contribution >= 4 is 55.4 Å². The first-order valence-electron chi connectivity index (χ1n) is 5.87. The van der Waals surface area contributed by atoms with Gasteiger partial charge in [0, 0.05) is 14.3 Å². The number of benzene rings is 2. The van der Waals surface area contributed by atoms with E-state index < -0.39 is 0 Å². The number of fused-ring (bicyclic) bond motifs is 5. The van der Waals surface area contributed by atoms with Gasteiger partial charge in [0.05, 0.1) is 16.4 Å². The van der Waals surface area contributed by atoms with Crippen LogP contribution in [0.3, 0.4) is 0 Å². The summed E-state index contributed by atoms with van der Waals surface area (Å²) in [5.41, 5.74) is 2.24. The molecule has 0 radical (unpaired) electrons. The normalized spacial score (nSPS) is 11.6. The number of rotatable bonds is 0. The van der Waals surface area contributed by atoms with Gasteiger partial charge in [0.25, 0.3) is 0 Å². The van der Waals surface area contributed by atoms with E-state index in [-0.39, 0.29) is 5.63 Å². The van der Waals surface area contributed by atoms with E-state index in [0.29, 0.717) is 11.0 Å². The third-order valence-corrected chi connectivity index (χ3v) is 4.25.